The van der Waals surface area contributed by atoms with Crippen LogP contribution in [0.2, 0.25) is 0 Å². The van der Waals surface area contributed by atoms with Crippen LogP contribution in [-0.4, -0.2) is 37.0 Å². The lowest BCUT2D eigenvalue weighted by Crippen LogP contribution is -2.54. The van der Waals surface area contributed by atoms with Crippen molar-refractivity contribution in [3.05, 3.63) is 0 Å². The fourth-order valence-corrected chi connectivity index (χ4v) is 2.72. The summed E-state index contributed by atoms with van der Waals surface area (Å²) in [5.41, 5.74) is 0. The second-order valence-corrected chi connectivity index (χ2v) is 5.35. The minimum atomic E-state index is -0.0543. The van der Waals surface area contributed by atoms with E-state index in [2.05, 4.69) is 22.9 Å². The quantitative estimate of drug-likeness (QED) is 0.671. The molecule has 2 aliphatic heterocycles. The van der Waals surface area contributed by atoms with Gasteiger partial charge in [0.1, 0.15) is 0 Å². The van der Waals surface area contributed by atoms with Crippen molar-refractivity contribution in [2.75, 3.05) is 13.1 Å². The van der Waals surface area contributed by atoms with Crippen molar-refractivity contribution in [3.63, 3.8) is 0 Å². The van der Waals surface area contributed by atoms with Crippen LogP contribution in [0.5, 0.6) is 0 Å². The number of hydrogen-bond acceptors (Lipinski definition) is 3. The smallest absolute Gasteiger partial charge is 0.237 e. The van der Waals surface area contributed by atoms with Gasteiger partial charge in [-0.3, -0.25) is 9.59 Å². The topological polar surface area (TPSA) is 70.2 Å². The molecule has 2 aliphatic rings. The normalized spacial score (nSPS) is 32.7. The predicted molar refractivity (Wildman–Crippen MR) is 69.0 cm³/mol. The van der Waals surface area contributed by atoms with Crippen molar-refractivity contribution in [1.29, 1.82) is 0 Å². The molecule has 0 saturated carbocycles. The van der Waals surface area contributed by atoms with Gasteiger partial charge >= 0.3 is 0 Å². The molecule has 102 valence electrons. The van der Waals surface area contributed by atoms with Crippen LogP contribution >= 0.6 is 0 Å². The SMILES string of the molecule is CCC1CCNC(C(=O)NC2CCC(=O)NC2)C1. The Kier molecular flexibility index (Phi) is 4.58. The van der Waals surface area contributed by atoms with Gasteiger partial charge in [0.05, 0.1) is 6.04 Å². The van der Waals surface area contributed by atoms with Gasteiger partial charge in [-0.25, -0.2) is 0 Å². The molecule has 18 heavy (non-hydrogen) atoms. The van der Waals surface area contributed by atoms with Gasteiger partial charge in [0.25, 0.3) is 0 Å². The molecule has 0 spiro atoms. The summed E-state index contributed by atoms with van der Waals surface area (Å²) in [4.78, 5) is 23.2. The van der Waals surface area contributed by atoms with Crippen LogP contribution in [0.1, 0.15) is 39.0 Å². The van der Waals surface area contributed by atoms with E-state index < -0.39 is 0 Å². The average molecular weight is 253 g/mol. The Morgan fingerprint density at radius 3 is 2.94 bits per heavy atom. The zero-order valence-corrected chi connectivity index (χ0v) is 11.0. The first-order valence-electron chi connectivity index (χ1n) is 6.99. The molecule has 0 aromatic heterocycles. The highest BCUT2D eigenvalue weighted by atomic mass is 16.2. The summed E-state index contributed by atoms with van der Waals surface area (Å²) in [5.74, 6) is 0.838. The Balaban J connectivity index is 1.78. The van der Waals surface area contributed by atoms with Crippen LogP contribution in [0.15, 0.2) is 0 Å². The maximum absolute atomic E-state index is 12.1. The van der Waals surface area contributed by atoms with E-state index in [-0.39, 0.29) is 23.9 Å². The van der Waals surface area contributed by atoms with Gasteiger partial charge in [0, 0.05) is 19.0 Å². The van der Waals surface area contributed by atoms with Crippen molar-refractivity contribution in [2.24, 2.45) is 5.92 Å². The van der Waals surface area contributed by atoms with Crippen LogP contribution in [-0.2, 0) is 9.59 Å². The molecule has 2 heterocycles. The Labute approximate surface area is 108 Å². The largest absolute Gasteiger partial charge is 0.354 e. The number of piperidine rings is 2. The van der Waals surface area contributed by atoms with Gasteiger partial charge in [-0.05, 0) is 31.7 Å². The predicted octanol–water partition coefficient (Wildman–Crippen LogP) is 0.159. The molecular formula is C13H23N3O2. The highest BCUT2D eigenvalue weighted by Crippen LogP contribution is 2.19. The minimum absolute atomic E-state index is 0.0543. The number of rotatable bonds is 3. The molecule has 3 atom stereocenters. The van der Waals surface area contributed by atoms with E-state index >= 15 is 0 Å². The van der Waals surface area contributed by atoms with Gasteiger partial charge in [0.2, 0.25) is 11.8 Å². The Morgan fingerprint density at radius 1 is 1.44 bits per heavy atom. The average Bonchev–Trinajstić information content (AvgIpc) is 2.41. The molecule has 2 saturated heterocycles. The fraction of sp³-hybridized carbons (Fsp3) is 0.846. The Bertz CT molecular complexity index is 309. The first-order chi connectivity index (χ1) is 8.69. The summed E-state index contributed by atoms with van der Waals surface area (Å²) in [6.45, 7) is 3.67. The summed E-state index contributed by atoms with van der Waals surface area (Å²) in [7, 11) is 0. The second-order valence-electron chi connectivity index (χ2n) is 5.35. The van der Waals surface area contributed by atoms with Gasteiger partial charge < -0.3 is 16.0 Å². The van der Waals surface area contributed by atoms with Gasteiger partial charge in [-0.2, -0.15) is 0 Å². The second kappa shape index (κ2) is 6.18. The number of carbonyl (C=O) groups excluding carboxylic acids is 2. The van der Waals surface area contributed by atoms with Crippen molar-refractivity contribution in [1.82, 2.24) is 16.0 Å². The summed E-state index contributed by atoms with van der Waals surface area (Å²) in [6, 6.07) is 0.0420. The van der Waals surface area contributed by atoms with E-state index in [0.717, 1.165) is 25.8 Å². The number of nitrogens with one attached hydrogen (secondary N) is 3. The van der Waals surface area contributed by atoms with Crippen LogP contribution in [0.4, 0.5) is 0 Å². The van der Waals surface area contributed by atoms with E-state index in [1.54, 1.807) is 0 Å². The van der Waals surface area contributed by atoms with E-state index in [1.165, 1.54) is 6.42 Å². The summed E-state index contributed by atoms with van der Waals surface area (Å²) in [6.07, 6.45) is 4.51. The number of amides is 2. The lowest BCUT2D eigenvalue weighted by Gasteiger charge is -2.31. The molecule has 2 fully saturated rings. The maximum Gasteiger partial charge on any atom is 0.237 e. The van der Waals surface area contributed by atoms with E-state index in [0.29, 0.717) is 18.9 Å². The molecule has 2 rings (SSSR count). The molecule has 5 heteroatoms. The molecule has 3 N–H and O–H groups in total. The Morgan fingerprint density at radius 2 is 2.28 bits per heavy atom. The molecule has 0 bridgehead atoms. The van der Waals surface area contributed by atoms with E-state index in [1.807, 2.05) is 0 Å². The van der Waals surface area contributed by atoms with Crippen molar-refractivity contribution in [3.8, 4) is 0 Å². The minimum Gasteiger partial charge on any atom is -0.354 e. The molecule has 0 aromatic rings. The third-order valence-electron chi connectivity index (χ3n) is 4.02. The molecule has 5 nitrogen and oxygen atoms in total. The maximum atomic E-state index is 12.1. The Hall–Kier alpha value is -1.10. The standard InChI is InChI=1S/C13H23N3O2/c1-2-9-5-6-14-11(7-9)13(18)16-10-3-4-12(17)15-8-10/h9-11,14H,2-8H2,1H3,(H,15,17)(H,16,18). The summed E-state index contributed by atoms with van der Waals surface area (Å²) < 4.78 is 0. The van der Waals surface area contributed by atoms with Gasteiger partial charge in [-0.15, -0.1) is 0 Å². The summed E-state index contributed by atoms with van der Waals surface area (Å²) >= 11 is 0. The highest BCUT2D eigenvalue weighted by molar-refractivity contribution is 5.83. The first-order valence-corrected chi connectivity index (χ1v) is 6.99. The number of carbonyl (C=O) groups is 2. The highest BCUT2D eigenvalue weighted by Gasteiger charge is 2.28. The summed E-state index contributed by atoms with van der Waals surface area (Å²) in [5, 5.41) is 9.11. The molecule has 2 amide bonds. The van der Waals surface area contributed by atoms with Crippen molar-refractivity contribution in [2.45, 2.75) is 51.1 Å². The molecular weight excluding hydrogens is 230 g/mol. The van der Waals surface area contributed by atoms with Crippen molar-refractivity contribution >= 4 is 11.8 Å². The molecule has 0 aliphatic carbocycles. The lowest BCUT2D eigenvalue weighted by molar-refractivity contribution is -0.127. The fourth-order valence-electron chi connectivity index (χ4n) is 2.72. The van der Waals surface area contributed by atoms with Gasteiger partial charge in [-0.1, -0.05) is 13.3 Å². The number of hydrogen-bond donors (Lipinski definition) is 3. The van der Waals surface area contributed by atoms with Gasteiger partial charge in [0.15, 0.2) is 0 Å². The zero-order chi connectivity index (χ0) is 13.0. The van der Waals surface area contributed by atoms with Crippen LogP contribution in [0.3, 0.4) is 0 Å². The lowest BCUT2D eigenvalue weighted by atomic mass is 9.90. The zero-order valence-electron chi connectivity index (χ0n) is 11.0. The molecule has 3 unspecified atom stereocenters. The van der Waals surface area contributed by atoms with Crippen LogP contribution in [0, 0.1) is 5.92 Å². The van der Waals surface area contributed by atoms with Crippen LogP contribution < -0.4 is 16.0 Å². The van der Waals surface area contributed by atoms with Crippen molar-refractivity contribution < 1.29 is 9.59 Å². The van der Waals surface area contributed by atoms with Crippen LogP contribution in [0.25, 0.3) is 0 Å². The molecule has 0 aromatic carbocycles. The first kappa shape index (κ1) is 13.3. The monoisotopic (exact) mass is 253 g/mol. The third kappa shape index (κ3) is 3.45. The molecule has 0 radical (unpaired) electrons. The third-order valence-corrected chi connectivity index (χ3v) is 4.02. The van der Waals surface area contributed by atoms with E-state index in [9.17, 15) is 9.59 Å². The van der Waals surface area contributed by atoms with E-state index in [4.69, 9.17) is 0 Å².